The van der Waals surface area contributed by atoms with Crippen LogP contribution in [0.25, 0.3) is 0 Å². The quantitative estimate of drug-likeness (QED) is 0.685. The van der Waals surface area contributed by atoms with Crippen LogP contribution >= 0.6 is 0 Å². The molecular weight excluding hydrogens is 186 g/mol. The predicted octanol–water partition coefficient (Wildman–Crippen LogP) is 2.97. The molecule has 0 aliphatic carbocycles. The lowest BCUT2D eigenvalue weighted by Gasteiger charge is -2.19. The summed E-state index contributed by atoms with van der Waals surface area (Å²) in [5.41, 5.74) is 0.115. The van der Waals surface area contributed by atoms with E-state index in [2.05, 4.69) is 33.0 Å². The van der Waals surface area contributed by atoms with Gasteiger partial charge in [0.15, 0.2) is 0 Å². The van der Waals surface area contributed by atoms with Crippen molar-refractivity contribution in [1.29, 1.82) is 0 Å². The summed E-state index contributed by atoms with van der Waals surface area (Å²) in [5, 5.41) is 3.50. The van der Waals surface area contributed by atoms with Crippen LogP contribution < -0.4 is 5.32 Å². The summed E-state index contributed by atoms with van der Waals surface area (Å²) in [6.07, 6.45) is 5.46. The van der Waals surface area contributed by atoms with Gasteiger partial charge < -0.3 is 10.1 Å². The van der Waals surface area contributed by atoms with Gasteiger partial charge in [-0.25, -0.2) is 0 Å². The first kappa shape index (κ1) is 13.0. The van der Waals surface area contributed by atoms with E-state index in [0.717, 1.165) is 19.0 Å². The maximum atomic E-state index is 5.91. The molecular formula is C13H27NO. The van der Waals surface area contributed by atoms with E-state index in [1.165, 1.54) is 25.7 Å². The average molecular weight is 213 g/mol. The van der Waals surface area contributed by atoms with Crippen molar-refractivity contribution in [3.05, 3.63) is 0 Å². The van der Waals surface area contributed by atoms with Crippen LogP contribution in [0.4, 0.5) is 0 Å². The predicted molar refractivity (Wildman–Crippen MR) is 65.1 cm³/mol. The zero-order chi connectivity index (χ0) is 11.3. The summed E-state index contributed by atoms with van der Waals surface area (Å²) in [7, 11) is 0. The van der Waals surface area contributed by atoms with Gasteiger partial charge in [0.1, 0.15) is 0 Å². The summed E-state index contributed by atoms with van der Waals surface area (Å²) in [6.45, 7) is 11.1. The summed E-state index contributed by atoms with van der Waals surface area (Å²) >= 11 is 0. The molecule has 1 aliphatic rings. The van der Waals surface area contributed by atoms with Gasteiger partial charge in [-0.15, -0.1) is 0 Å². The Bertz CT molecular complexity index is 177. The summed E-state index contributed by atoms with van der Waals surface area (Å²) in [4.78, 5) is 0. The van der Waals surface area contributed by atoms with Crippen molar-refractivity contribution in [2.24, 2.45) is 5.92 Å². The Kier molecular flexibility index (Phi) is 5.07. The van der Waals surface area contributed by atoms with Crippen LogP contribution in [0.1, 0.15) is 53.4 Å². The van der Waals surface area contributed by atoms with E-state index in [1.807, 2.05) is 0 Å². The average Bonchev–Trinajstić information content (AvgIpc) is 2.44. The zero-order valence-corrected chi connectivity index (χ0v) is 10.8. The van der Waals surface area contributed by atoms with E-state index in [1.54, 1.807) is 0 Å². The second kappa shape index (κ2) is 5.86. The van der Waals surface area contributed by atoms with Gasteiger partial charge in [0, 0.05) is 6.54 Å². The Morgan fingerprint density at radius 1 is 1.40 bits per heavy atom. The van der Waals surface area contributed by atoms with Crippen molar-refractivity contribution in [2.75, 3.05) is 13.1 Å². The Balaban J connectivity index is 1.97. The van der Waals surface area contributed by atoms with E-state index in [-0.39, 0.29) is 5.60 Å². The highest BCUT2D eigenvalue weighted by Crippen LogP contribution is 2.28. The number of rotatable bonds is 6. The molecule has 90 valence electrons. The largest absolute Gasteiger partial charge is 0.371 e. The van der Waals surface area contributed by atoms with Gasteiger partial charge in [-0.1, -0.05) is 13.8 Å². The number of hydrogen-bond donors (Lipinski definition) is 1. The molecule has 0 radical (unpaired) electrons. The molecule has 0 bridgehead atoms. The Morgan fingerprint density at radius 2 is 2.13 bits per heavy atom. The normalized spacial score (nSPS) is 25.0. The summed E-state index contributed by atoms with van der Waals surface area (Å²) < 4.78 is 5.91. The van der Waals surface area contributed by atoms with Gasteiger partial charge in [0.25, 0.3) is 0 Å². The Morgan fingerprint density at radius 3 is 2.67 bits per heavy atom. The lowest BCUT2D eigenvalue weighted by molar-refractivity contribution is -0.0141. The maximum absolute atomic E-state index is 5.91. The number of hydrogen-bond acceptors (Lipinski definition) is 2. The van der Waals surface area contributed by atoms with Crippen LogP contribution in [0.3, 0.4) is 0 Å². The van der Waals surface area contributed by atoms with Crippen molar-refractivity contribution in [2.45, 2.75) is 65.1 Å². The third kappa shape index (κ3) is 5.53. The van der Waals surface area contributed by atoms with Crippen LogP contribution in [0.2, 0.25) is 0 Å². The highest BCUT2D eigenvalue weighted by Gasteiger charge is 2.30. The standard InChI is InChI=1S/C13H27NO/c1-11(2)6-5-9-14-10-12-7-8-13(3,4)15-12/h11-12,14H,5-10H2,1-4H3. The molecule has 2 nitrogen and oxygen atoms in total. The lowest BCUT2D eigenvalue weighted by Crippen LogP contribution is -2.30. The molecule has 0 aromatic carbocycles. The molecule has 15 heavy (non-hydrogen) atoms. The molecule has 1 N–H and O–H groups in total. The molecule has 0 spiro atoms. The molecule has 0 aromatic rings. The molecule has 1 heterocycles. The van der Waals surface area contributed by atoms with Gasteiger partial charge in [-0.05, 0) is 52.0 Å². The minimum Gasteiger partial charge on any atom is -0.371 e. The van der Waals surface area contributed by atoms with Crippen LogP contribution in [-0.2, 0) is 4.74 Å². The minimum atomic E-state index is 0.115. The highest BCUT2D eigenvalue weighted by atomic mass is 16.5. The maximum Gasteiger partial charge on any atom is 0.0707 e. The molecule has 0 saturated carbocycles. The zero-order valence-electron chi connectivity index (χ0n) is 10.8. The van der Waals surface area contributed by atoms with Gasteiger partial charge >= 0.3 is 0 Å². The van der Waals surface area contributed by atoms with Crippen LogP contribution in [0.15, 0.2) is 0 Å². The second-order valence-electron chi connectivity index (χ2n) is 5.78. The number of nitrogens with one attached hydrogen (secondary N) is 1. The van der Waals surface area contributed by atoms with Crippen LogP contribution in [0, 0.1) is 5.92 Å². The molecule has 1 atom stereocenters. The molecule has 1 fully saturated rings. The van der Waals surface area contributed by atoms with Crippen LogP contribution in [0.5, 0.6) is 0 Å². The smallest absolute Gasteiger partial charge is 0.0707 e. The van der Waals surface area contributed by atoms with E-state index < -0.39 is 0 Å². The fourth-order valence-electron chi connectivity index (χ4n) is 2.12. The molecule has 1 aliphatic heterocycles. The monoisotopic (exact) mass is 213 g/mol. The first-order chi connectivity index (χ1) is 6.99. The molecule has 1 rings (SSSR count). The SMILES string of the molecule is CC(C)CCCNCC1CCC(C)(C)O1. The van der Waals surface area contributed by atoms with Gasteiger partial charge in [0.05, 0.1) is 11.7 Å². The molecule has 0 aromatic heterocycles. The topological polar surface area (TPSA) is 21.3 Å². The van der Waals surface area contributed by atoms with Crippen molar-refractivity contribution < 1.29 is 4.74 Å². The van der Waals surface area contributed by atoms with Crippen molar-refractivity contribution in [3.63, 3.8) is 0 Å². The van der Waals surface area contributed by atoms with Crippen LogP contribution in [-0.4, -0.2) is 24.8 Å². The first-order valence-electron chi connectivity index (χ1n) is 6.38. The third-order valence-electron chi connectivity index (χ3n) is 3.06. The lowest BCUT2D eigenvalue weighted by atomic mass is 10.1. The fourth-order valence-corrected chi connectivity index (χ4v) is 2.12. The van der Waals surface area contributed by atoms with Gasteiger partial charge in [-0.3, -0.25) is 0 Å². The molecule has 1 unspecified atom stereocenters. The summed E-state index contributed by atoms with van der Waals surface area (Å²) in [5.74, 6) is 0.827. The Hall–Kier alpha value is -0.0800. The van der Waals surface area contributed by atoms with Crippen molar-refractivity contribution in [3.8, 4) is 0 Å². The van der Waals surface area contributed by atoms with E-state index >= 15 is 0 Å². The molecule has 0 amide bonds. The minimum absolute atomic E-state index is 0.115. The molecule has 2 heteroatoms. The van der Waals surface area contributed by atoms with E-state index in [4.69, 9.17) is 4.74 Å². The van der Waals surface area contributed by atoms with Gasteiger partial charge in [0.2, 0.25) is 0 Å². The third-order valence-corrected chi connectivity index (χ3v) is 3.06. The van der Waals surface area contributed by atoms with E-state index in [0.29, 0.717) is 6.10 Å². The van der Waals surface area contributed by atoms with Crippen molar-refractivity contribution >= 4 is 0 Å². The second-order valence-corrected chi connectivity index (χ2v) is 5.78. The number of ether oxygens (including phenoxy) is 1. The first-order valence-corrected chi connectivity index (χ1v) is 6.38. The summed E-state index contributed by atoms with van der Waals surface area (Å²) in [6, 6.07) is 0. The molecule has 1 saturated heterocycles. The van der Waals surface area contributed by atoms with Gasteiger partial charge in [-0.2, -0.15) is 0 Å². The van der Waals surface area contributed by atoms with Crippen molar-refractivity contribution in [1.82, 2.24) is 5.32 Å². The Labute approximate surface area is 94.8 Å². The highest BCUT2D eigenvalue weighted by molar-refractivity contribution is 4.81. The fraction of sp³-hybridized carbons (Fsp3) is 1.00. The van der Waals surface area contributed by atoms with E-state index in [9.17, 15) is 0 Å².